The van der Waals surface area contributed by atoms with Gasteiger partial charge in [-0.2, -0.15) is 0 Å². The van der Waals surface area contributed by atoms with E-state index in [-0.39, 0.29) is 23.8 Å². The van der Waals surface area contributed by atoms with E-state index in [0.29, 0.717) is 6.54 Å². The van der Waals surface area contributed by atoms with Crippen molar-refractivity contribution in [2.24, 2.45) is 5.92 Å². The van der Waals surface area contributed by atoms with Gasteiger partial charge in [-0.25, -0.2) is 0 Å². The fourth-order valence-electron chi connectivity index (χ4n) is 2.12. The molecule has 1 aliphatic heterocycles. The molecule has 0 aromatic rings. The molecule has 1 heterocycles. The normalized spacial score (nSPS) is 16.7. The first-order valence-corrected chi connectivity index (χ1v) is 7.33. The van der Waals surface area contributed by atoms with Crippen LogP contribution in [0.1, 0.15) is 40.0 Å². The van der Waals surface area contributed by atoms with Crippen molar-refractivity contribution in [3.8, 4) is 0 Å². The van der Waals surface area contributed by atoms with E-state index in [2.05, 4.69) is 17.6 Å². The van der Waals surface area contributed by atoms with E-state index in [1.807, 2.05) is 18.7 Å². The highest BCUT2D eigenvalue weighted by molar-refractivity contribution is 5.79. The zero-order chi connectivity index (χ0) is 14.3. The van der Waals surface area contributed by atoms with Gasteiger partial charge in [0.15, 0.2) is 0 Å². The summed E-state index contributed by atoms with van der Waals surface area (Å²) in [5.41, 5.74) is 0. The minimum atomic E-state index is 0.0258. The number of piperidine rings is 1. The molecule has 0 spiro atoms. The van der Waals surface area contributed by atoms with Crippen LogP contribution in [0.4, 0.5) is 0 Å². The molecule has 0 atom stereocenters. The molecule has 5 heteroatoms. The van der Waals surface area contributed by atoms with E-state index in [9.17, 15) is 9.59 Å². The predicted molar refractivity (Wildman–Crippen MR) is 75.7 cm³/mol. The fourth-order valence-corrected chi connectivity index (χ4v) is 2.12. The Kier molecular flexibility index (Phi) is 6.84. The molecule has 0 radical (unpaired) electrons. The van der Waals surface area contributed by atoms with Crippen molar-refractivity contribution in [3.05, 3.63) is 0 Å². The average molecular weight is 269 g/mol. The van der Waals surface area contributed by atoms with Gasteiger partial charge in [-0.15, -0.1) is 0 Å². The van der Waals surface area contributed by atoms with E-state index in [1.165, 1.54) is 0 Å². The molecule has 0 saturated carbocycles. The van der Waals surface area contributed by atoms with E-state index >= 15 is 0 Å². The first-order valence-electron chi connectivity index (χ1n) is 7.33. The molecule has 0 aromatic carbocycles. The Morgan fingerprint density at radius 1 is 1.26 bits per heavy atom. The van der Waals surface area contributed by atoms with Crippen molar-refractivity contribution < 1.29 is 9.59 Å². The van der Waals surface area contributed by atoms with Gasteiger partial charge in [0.05, 0.1) is 6.54 Å². The van der Waals surface area contributed by atoms with E-state index in [0.717, 1.165) is 38.9 Å². The average Bonchev–Trinajstić information content (AvgIpc) is 2.39. The first-order chi connectivity index (χ1) is 9.04. The monoisotopic (exact) mass is 269 g/mol. The van der Waals surface area contributed by atoms with Gasteiger partial charge in [-0.1, -0.05) is 20.8 Å². The molecule has 1 saturated heterocycles. The van der Waals surface area contributed by atoms with Gasteiger partial charge in [0.1, 0.15) is 0 Å². The van der Waals surface area contributed by atoms with Crippen LogP contribution in [-0.2, 0) is 9.59 Å². The zero-order valence-electron chi connectivity index (χ0n) is 12.4. The first kappa shape index (κ1) is 16.0. The van der Waals surface area contributed by atoms with Crippen molar-refractivity contribution in [1.29, 1.82) is 0 Å². The minimum absolute atomic E-state index is 0.0258. The molecule has 0 bridgehead atoms. The fraction of sp³-hybridized carbons (Fsp3) is 0.857. The Morgan fingerprint density at radius 2 is 1.89 bits per heavy atom. The molecule has 5 nitrogen and oxygen atoms in total. The van der Waals surface area contributed by atoms with Gasteiger partial charge in [0.2, 0.25) is 11.8 Å². The van der Waals surface area contributed by atoms with Crippen LogP contribution in [0, 0.1) is 5.92 Å². The molecule has 1 rings (SSSR count). The summed E-state index contributed by atoms with van der Waals surface area (Å²) >= 11 is 0. The molecule has 2 N–H and O–H groups in total. The van der Waals surface area contributed by atoms with Crippen LogP contribution < -0.4 is 10.6 Å². The smallest absolute Gasteiger partial charge is 0.236 e. The number of nitrogens with zero attached hydrogens (tertiary/aromatic N) is 1. The number of rotatable bonds is 6. The molecule has 1 fully saturated rings. The van der Waals surface area contributed by atoms with Gasteiger partial charge >= 0.3 is 0 Å². The lowest BCUT2D eigenvalue weighted by Gasteiger charge is -2.32. The summed E-state index contributed by atoms with van der Waals surface area (Å²) in [6.07, 6.45) is 2.76. The summed E-state index contributed by atoms with van der Waals surface area (Å²) in [6.45, 7) is 8.68. The van der Waals surface area contributed by atoms with Crippen LogP contribution >= 0.6 is 0 Å². The van der Waals surface area contributed by atoms with Crippen LogP contribution in [0.5, 0.6) is 0 Å². The lowest BCUT2D eigenvalue weighted by molar-refractivity contribution is -0.131. The summed E-state index contributed by atoms with van der Waals surface area (Å²) in [7, 11) is 0. The van der Waals surface area contributed by atoms with Crippen molar-refractivity contribution in [3.63, 3.8) is 0 Å². The van der Waals surface area contributed by atoms with Gasteiger partial charge in [-0.05, 0) is 25.8 Å². The molecule has 0 unspecified atom stereocenters. The van der Waals surface area contributed by atoms with Crippen LogP contribution in [0.15, 0.2) is 0 Å². The topological polar surface area (TPSA) is 61.4 Å². The number of carbonyl (C=O) groups is 2. The van der Waals surface area contributed by atoms with Crippen molar-refractivity contribution >= 4 is 11.8 Å². The van der Waals surface area contributed by atoms with Crippen LogP contribution in [-0.4, -0.2) is 48.9 Å². The molecule has 1 aliphatic rings. The molecule has 19 heavy (non-hydrogen) atoms. The van der Waals surface area contributed by atoms with Crippen LogP contribution in [0.25, 0.3) is 0 Å². The highest BCUT2D eigenvalue weighted by atomic mass is 16.2. The Labute approximate surface area is 116 Å². The standard InChI is InChI=1S/C14H27N3O2/c1-4-7-15-10-13(18)17-8-5-12(6-9-17)16-14(19)11(2)3/h11-12,15H,4-10H2,1-3H3,(H,16,19). The second-order valence-electron chi connectivity index (χ2n) is 5.50. The number of likely N-dealkylation sites (tertiary alicyclic amines) is 1. The quantitative estimate of drug-likeness (QED) is 0.700. The second-order valence-corrected chi connectivity index (χ2v) is 5.50. The number of amides is 2. The van der Waals surface area contributed by atoms with Crippen LogP contribution in [0.2, 0.25) is 0 Å². The molecule has 0 aromatic heterocycles. The molecular formula is C14H27N3O2. The Hall–Kier alpha value is -1.10. The summed E-state index contributed by atoms with van der Waals surface area (Å²) in [5.74, 6) is 0.300. The number of carbonyl (C=O) groups excluding carboxylic acids is 2. The number of hydrogen-bond donors (Lipinski definition) is 2. The van der Waals surface area contributed by atoms with Crippen LogP contribution in [0.3, 0.4) is 0 Å². The van der Waals surface area contributed by atoms with E-state index in [1.54, 1.807) is 0 Å². The van der Waals surface area contributed by atoms with E-state index < -0.39 is 0 Å². The SMILES string of the molecule is CCCNCC(=O)N1CCC(NC(=O)C(C)C)CC1. The Bertz CT molecular complexity index is 297. The maximum atomic E-state index is 11.9. The van der Waals surface area contributed by atoms with Crippen molar-refractivity contribution in [2.75, 3.05) is 26.2 Å². The van der Waals surface area contributed by atoms with Gasteiger partial charge < -0.3 is 15.5 Å². The summed E-state index contributed by atoms with van der Waals surface area (Å²) in [6, 6.07) is 0.225. The van der Waals surface area contributed by atoms with E-state index in [4.69, 9.17) is 0 Å². The highest BCUT2D eigenvalue weighted by Gasteiger charge is 2.23. The van der Waals surface area contributed by atoms with Gasteiger partial charge in [0.25, 0.3) is 0 Å². The highest BCUT2D eigenvalue weighted by Crippen LogP contribution is 2.11. The minimum Gasteiger partial charge on any atom is -0.353 e. The largest absolute Gasteiger partial charge is 0.353 e. The maximum absolute atomic E-state index is 11.9. The maximum Gasteiger partial charge on any atom is 0.236 e. The molecular weight excluding hydrogens is 242 g/mol. The lowest BCUT2D eigenvalue weighted by atomic mass is 10.0. The summed E-state index contributed by atoms with van der Waals surface area (Å²) in [4.78, 5) is 25.4. The van der Waals surface area contributed by atoms with Crippen molar-refractivity contribution in [1.82, 2.24) is 15.5 Å². The summed E-state index contributed by atoms with van der Waals surface area (Å²) in [5, 5.41) is 6.17. The Balaban J connectivity index is 2.24. The number of nitrogens with one attached hydrogen (secondary N) is 2. The summed E-state index contributed by atoms with van der Waals surface area (Å²) < 4.78 is 0. The molecule has 110 valence electrons. The third-order valence-corrected chi connectivity index (χ3v) is 3.42. The van der Waals surface area contributed by atoms with Gasteiger partial charge in [0, 0.05) is 25.0 Å². The van der Waals surface area contributed by atoms with Crippen molar-refractivity contribution in [2.45, 2.75) is 46.1 Å². The van der Waals surface area contributed by atoms with Gasteiger partial charge in [-0.3, -0.25) is 9.59 Å². The molecule has 0 aliphatic carbocycles. The zero-order valence-corrected chi connectivity index (χ0v) is 12.4. The third kappa shape index (κ3) is 5.59. The number of hydrogen-bond acceptors (Lipinski definition) is 3. The Morgan fingerprint density at radius 3 is 2.42 bits per heavy atom. The third-order valence-electron chi connectivity index (χ3n) is 3.42. The predicted octanol–water partition coefficient (Wildman–Crippen LogP) is 0.749. The lowest BCUT2D eigenvalue weighted by Crippen LogP contribution is -2.49. The molecule has 2 amide bonds. The second kappa shape index (κ2) is 8.15.